The van der Waals surface area contributed by atoms with Gasteiger partial charge in [-0.05, 0) is 19.3 Å². The SMILES string of the molecule is CCC(C)C(=O)NCCCC(C)C(=O)O. The zero-order valence-electron chi connectivity index (χ0n) is 9.75. The minimum absolute atomic E-state index is 0.0434. The third kappa shape index (κ3) is 6.10. The maximum atomic E-state index is 11.3. The van der Waals surface area contributed by atoms with E-state index >= 15 is 0 Å². The van der Waals surface area contributed by atoms with Crippen LogP contribution in [0.4, 0.5) is 0 Å². The molecule has 0 aliphatic carbocycles. The Balaban J connectivity index is 3.54. The van der Waals surface area contributed by atoms with Crippen molar-refractivity contribution < 1.29 is 14.7 Å². The van der Waals surface area contributed by atoms with Crippen LogP contribution >= 0.6 is 0 Å². The molecule has 0 heterocycles. The van der Waals surface area contributed by atoms with Crippen molar-refractivity contribution in [2.24, 2.45) is 11.8 Å². The van der Waals surface area contributed by atoms with Crippen LogP contribution in [0.2, 0.25) is 0 Å². The van der Waals surface area contributed by atoms with Gasteiger partial charge in [-0.25, -0.2) is 0 Å². The van der Waals surface area contributed by atoms with Gasteiger partial charge in [0.25, 0.3) is 0 Å². The quantitative estimate of drug-likeness (QED) is 0.634. The maximum Gasteiger partial charge on any atom is 0.306 e. The molecular weight excluding hydrogens is 194 g/mol. The van der Waals surface area contributed by atoms with Crippen molar-refractivity contribution in [3.63, 3.8) is 0 Å². The summed E-state index contributed by atoms with van der Waals surface area (Å²) < 4.78 is 0. The Kier molecular flexibility index (Phi) is 6.75. The highest BCUT2D eigenvalue weighted by atomic mass is 16.4. The summed E-state index contributed by atoms with van der Waals surface area (Å²) in [5.74, 6) is -1.00. The Bertz CT molecular complexity index is 216. The average Bonchev–Trinajstić information content (AvgIpc) is 2.22. The van der Waals surface area contributed by atoms with E-state index in [1.54, 1.807) is 6.92 Å². The fourth-order valence-corrected chi connectivity index (χ4v) is 1.10. The molecule has 0 bridgehead atoms. The highest BCUT2D eigenvalue weighted by Crippen LogP contribution is 2.05. The first-order chi connectivity index (χ1) is 6.99. The number of amides is 1. The van der Waals surface area contributed by atoms with E-state index < -0.39 is 5.97 Å². The minimum atomic E-state index is -0.775. The van der Waals surface area contributed by atoms with E-state index in [9.17, 15) is 9.59 Å². The van der Waals surface area contributed by atoms with Crippen LogP contribution in [0.5, 0.6) is 0 Å². The summed E-state index contributed by atoms with van der Waals surface area (Å²) in [6.07, 6.45) is 2.16. The van der Waals surface area contributed by atoms with Gasteiger partial charge >= 0.3 is 5.97 Å². The summed E-state index contributed by atoms with van der Waals surface area (Å²) >= 11 is 0. The van der Waals surface area contributed by atoms with Crippen LogP contribution in [0.15, 0.2) is 0 Å². The molecule has 0 spiro atoms. The molecule has 88 valence electrons. The van der Waals surface area contributed by atoms with Gasteiger partial charge in [-0.3, -0.25) is 9.59 Å². The summed E-state index contributed by atoms with van der Waals surface area (Å²) in [6, 6.07) is 0. The van der Waals surface area contributed by atoms with Gasteiger partial charge in [0.1, 0.15) is 0 Å². The first-order valence-electron chi connectivity index (χ1n) is 5.49. The normalized spacial score (nSPS) is 14.3. The van der Waals surface area contributed by atoms with Gasteiger partial charge in [0.05, 0.1) is 5.92 Å². The second-order valence-electron chi connectivity index (χ2n) is 3.98. The van der Waals surface area contributed by atoms with Crippen LogP contribution in [0.25, 0.3) is 0 Å². The van der Waals surface area contributed by atoms with Crippen molar-refractivity contribution >= 4 is 11.9 Å². The molecule has 0 fully saturated rings. The van der Waals surface area contributed by atoms with Crippen molar-refractivity contribution in [1.82, 2.24) is 5.32 Å². The van der Waals surface area contributed by atoms with Gasteiger partial charge in [-0.1, -0.05) is 20.8 Å². The summed E-state index contributed by atoms with van der Waals surface area (Å²) in [6.45, 7) is 6.10. The fourth-order valence-electron chi connectivity index (χ4n) is 1.10. The largest absolute Gasteiger partial charge is 0.481 e. The lowest BCUT2D eigenvalue weighted by Gasteiger charge is -2.10. The molecule has 0 aliphatic rings. The Hall–Kier alpha value is -1.06. The number of nitrogens with one attached hydrogen (secondary N) is 1. The molecule has 0 saturated carbocycles. The maximum absolute atomic E-state index is 11.3. The topological polar surface area (TPSA) is 66.4 Å². The van der Waals surface area contributed by atoms with Gasteiger partial charge in [0.15, 0.2) is 0 Å². The average molecular weight is 215 g/mol. The van der Waals surface area contributed by atoms with Crippen molar-refractivity contribution in [3.05, 3.63) is 0 Å². The van der Waals surface area contributed by atoms with Gasteiger partial charge in [-0.2, -0.15) is 0 Å². The van der Waals surface area contributed by atoms with E-state index in [4.69, 9.17) is 5.11 Å². The molecule has 4 nitrogen and oxygen atoms in total. The van der Waals surface area contributed by atoms with Crippen LogP contribution < -0.4 is 5.32 Å². The predicted octanol–water partition coefficient (Wildman–Crippen LogP) is 1.65. The number of hydrogen-bond donors (Lipinski definition) is 2. The lowest BCUT2D eigenvalue weighted by atomic mass is 10.1. The van der Waals surface area contributed by atoms with E-state index in [1.807, 2.05) is 13.8 Å². The molecule has 0 aromatic carbocycles. The molecule has 2 N–H and O–H groups in total. The van der Waals surface area contributed by atoms with Gasteiger partial charge < -0.3 is 10.4 Å². The molecule has 1 amide bonds. The fraction of sp³-hybridized carbons (Fsp3) is 0.818. The Labute approximate surface area is 91.1 Å². The van der Waals surface area contributed by atoms with Gasteiger partial charge in [0.2, 0.25) is 5.91 Å². The molecule has 0 radical (unpaired) electrons. The van der Waals surface area contributed by atoms with Crippen molar-refractivity contribution in [2.45, 2.75) is 40.0 Å². The molecule has 2 unspecified atom stereocenters. The van der Waals surface area contributed by atoms with E-state index in [0.717, 1.165) is 12.8 Å². The minimum Gasteiger partial charge on any atom is -0.481 e. The number of carboxylic acid groups (broad SMARTS) is 1. The highest BCUT2D eigenvalue weighted by molar-refractivity contribution is 5.78. The zero-order chi connectivity index (χ0) is 11.8. The molecular formula is C11H21NO3. The summed E-state index contributed by atoms with van der Waals surface area (Å²) in [5, 5.41) is 11.4. The van der Waals surface area contributed by atoms with Crippen LogP contribution in [0, 0.1) is 11.8 Å². The number of aliphatic carboxylic acids is 1. The lowest BCUT2D eigenvalue weighted by molar-refractivity contribution is -0.141. The number of carboxylic acids is 1. The van der Waals surface area contributed by atoms with E-state index in [0.29, 0.717) is 13.0 Å². The van der Waals surface area contributed by atoms with Crippen molar-refractivity contribution in [3.8, 4) is 0 Å². The second-order valence-corrected chi connectivity index (χ2v) is 3.98. The molecule has 4 heteroatoms. The van der Waals surface area contributed by atoms with E-state index in [2.05, 4.69) is 5.32 Å². The summed E-state index contributed by atoms with van der Waals surface area (Å²) in [4.78, 5) is 21.8. The third-order valence-electron chi connectivity index (χ3n) is 2.59. The van der Waals surface area contributed by atoms with E-state index in [1.165, 1.54) is 0 Å². The van der Waals surface area contributed by atoms with Crippen molar-refractivity contribution in [1.29, 1.82) is 0 Å². The number of rotatable bonds is 7. The standard InChI is InChI=1S/C11H21NO3/c1-4-8(2)10(13)12-7-5-6-9(3)11(14)15/h8-9H,4-7H2,1-3H3,(H,12,13)(H,14,15). The van der Waals surface area contributed by atoms with Crippen LogP contribution in [0.1, 0.15) is 40.0 Å². The van der Waals surface area contributed by atoms with Crippen LogP contribution in [-0.4, -0.2) is 23.5 Å². The van der Waals surface area contributed by atoms with Gasteiger partial charge in [-0.15, -0.1) is 0 Å². The Morgan fingerprint density at radius 3 is 2.33 bits per heavy atom. The number of carbonyl (C=O) groups is 2. The lowest BCUT2D eigenvalue weighted by Crippen LogP contribution is -2.30. The van der Waals surface area contributed by atoms with Gasteiger partial charge in [0, 0.05) is 12.5 Å². The van der Waals surface area contributed by atoms with Crippen LogP contribution in [-0.2, 0) is 9.59 Å². The first kappa shape index (κ1) is 13.9. The molecule has 0 saturated heterocycles. The molecule has 0 rings (SSSR count). The summed E-state index contributed by atoms with van der Waals surface area (Å²) in [5.41, 5.74) is 0. The Morgan fingerprint density at radius 1 is 1.27 bits per heavy atom. The predicted molar refractivity (Wildman–Crippen MR) is 58.5 cm³/mol. The third-order valence-corrected chi connectivity index (χ3v) is 2.59. The second kappa shape index (κ2) is 7.26. The first-order valence-corrected chi connectivity index (χ1v) is 5.49. The zero-order valence-corrected chi connectivity index (χ0v) is 9.75. The number of hydrogen-bond acceptors (Lipinski definition) is 2. The van der Waals surface area contributed by atoms with E-state index in [-0.39, 0.29) is 17.7 Å². The molecule has 0 aromatic rings. The smallest absolute Gasteiger partial charge is 0.306 e. The van der Waals surface area contributed by atoms with Crippen LogP contribution in [0.3, 0.4) is 0 Å². The summed E-state index contributed by atoms with van der Waals surface area (Å²) in [7, 11) is 0. The molecule has 2 atom stereocenters. The monoisotopic (exact) mass is 215 g/mol. The number of carbonyl (C=O) groups excluding carboxylic acids is 1. The Morgan fingerprint density at radius 2 is 1.87 bits per heavy atom. The molecule has 0 aromatic heterocycles. The highest BCUT2D eigenvalue weighted by Gasteiger charge is 2.11. The molecule has 0 aliphatic heterocycles. The van der Waals surface area contributed by atoms with Crippen molar-refractivity contribution in [2.75, 3.05) is 6.54 Å². The molecule has 15 heavy (non-hydrogen) atoms.